The Hall–Kier alpha value is -4.26. The second kappa shape index (κ2) is 11.6. The molecule has 4 amide bonds. The van der Waals surface area contributed by atoms with Crippen LogP contribution in [0.4, 0.5) is 0 Å². The van der Waals surface area contributed by atoms with E-state index in [0.717, 1.165) is 16.7 Å². The summed E-state index contributed by atoms with van der Waals surface area (Å²) in [6.07, 6.45) is 0.776. The Morgan fingerprint density at radius 1 is 0.838 bits per heavy atom. The van der Waals surface area contributed by atoms with Crippen LogP contribution in [0.3, 0.4) is 0 Å². The number of likely N-dealkylation sites (N-methyl/N-ethyl adjacent to an activating group) is 1. The van der Waals surface area contributed by atoms with Crippen LogP contribution in [0.25, 0.3) is 0 Å². The van der Waals surface area contributed by atoms with Crippen LogP contribution in [-0.4, -0.2) is 53.1 Å². The third kappa shape index (κ3) is 5.94. The van der Waals surface area contributed by atoms with Crippen molar-refractivity contribution >= 4 is 23.6 Å². The smallest absolute Gasteiger partial charge is 0.261 e. The van der Waals surface area contributed by atoms with Gasteiger partial charge in [0.05, 0.1) is 11.1 Å². The fourth-order valence-electron chi connectivity index (χ4n) is 4.58. The maximum absolute atomic E-state index is 13.6. The normalized spacial score (nSPS) is 13.3. The monoisotopic (exact) mass is 497 g/mol. The van der Waals surface area contributed by atoms with E-state index in [1.54, 1.807) is 36.2 Å². The maximum Gasteiger partial charge on any atom is 0.261 e. The van der Waals surface area contributed by atoms with Gasteiger partial charge in [0.1, 0.15) is 6.04 Å². The van der Waals surface area contributed by atoms with Crippen molar-refractivity contribution in [2.45, 2.75) is 38.8 Å². The average Bonchev–Trinajstić information content (AvgIpc) is 3.16. The third-order valence-electron chi connectivity index (χ3n) is 6.64. The Balaban J connectivity index is 1.51. The molecular weight excluding hydrogens is 466 g/mol. The van der Waals surface area contributed by atoms with Crippen molar-refractivity contribution in [3.05, 3.63) is 107 Å². The number of aryl methyl sites for hydroxylation is 1. The number of nitrogens with one attached hydrogen (secondary N) is 1. The summed E-state index contributed by atoms with van der Waals surface area (Å²) in [7, 11) is 1.57. The second-order valence-electron chi connectivity index (χ2n) is 9.24. The van der Waals surface area contributed by atoms with Crippen molar-refractivity contribution in [3.8, 4) is 0 Å². The molecule has 1 heterocycles. The van der Waals surface area contributed by atoms with Crippen LogP contribution in [0.1, 0.15) is 50.2 Å². The number of carbonyl (C=O) groups excluding carboxylic acids is 4. The minimum absolute atomic E-state index is 0.0988. The highest BCUT2D eigenvalue weighted by Gasteiger charge is 2.35. The van der Waals surface area contributed by atoms with Gasteiger partial charge in [-0.15, -0.1) is 0 Å². The predicted octanol–water partition coefficient (Wildman–Crippen LogP) is 3.76. The van der Waals surface area contributed by atoms with Gasteiger partial charge in [-0.1, -0.05) is 72.3 Å². The summed E-state index contributed by atoms with van der Waals surface area (Å²) in [6, 6.07) is 23.5. The average molecular weight is 498 g/mol. The first kappa shape index (κ1) is 25.8. The number of amides is 4. The van der Waals surface area contributed by atoms with E-state index in [2.05, 4.69) is 5.32 Å². The van der Waals surface area contributed by atoms with Crippen LogP contribution < -0.4 is 5.32 Å². The fourth-order valence-corrected chi connectivity index (χ4v) is 4.58. The van der Waals surface area contributed by atoms with Gasteiger partial charge in [-0.05, 0) is 36.6 Å². The zero-order valence-electron chi connectivity index (χ0n) is 21.1. The van der Waals surface area contributed by atoms with E-state index in [9.17, 15) is 19.2 Å². The van der Waals surface area contributed by atoms with E-state index < -0.39 is 6.04 Å². The lowest BCUT2D eigenvalue weighted by Gasteiger charge is -2.31. The number of rotatable bonds is 10. The SMILES string of the molecule is CNC(=O)[C@@H](Cc1ccccc1)N(Cc1ccc(C)cc1)C(=O)CCCN1C(=O)c2ccccc2C1=O. The Kier molecular flexibility index (Phi) is 8.13. The van der Waals surface area contributed by atoms with Crippen LogP contribution in [0.5, 0.6) is 0 Å². The lowest BCUT2D eigenvalue weighted by molar-refractivity contribution is -0.141. The van der Waals surface area contributed by atoms with Gasteiger partial charge in [-0.25, -0.2) is 0 Å². The highest BCUT2D eigenvalue weighted by Crippen LogP contribution is 2.23. The van der Waals surface area contributed by atoms with Crippen LogP contribution >= 0.6 is 0 Å². The van der Waals surface area contributed by atoms with E-state index >= 15 is 0 Å². The molecule has 3 aromatic rings. The van der Waals surface area contributed by atoms with Gasteiger partial charge < -0.3 is 10.2 Å². The predicted molar refractivity (Wildman–Crippen MR) is 141 cm³/mol. The number of hydrogen-bond donors (Lipinski definition) is 1. The molecule has 0 radical (unpaired) electrons. The van der Waals surface area contributed by atoms with E-state index in [-0.39, 0.29) is 43.1 Å². The molecule has 0 unspecified atom stereocenters. The van der Waals surface area contributed by atoms with Gasteiger partial charge in [-0.2, -0.15) is 0 Å². The summed E-state index contributed by atoms with van der Waals surface area (Å²) in [6.45, 7) is 2.41. The van der Waals surface area contributed by atoms with Crippen molar-refractivity contribution in [2.75, 3.05) is 13.6 Å². The summed E-state index contributed by atoms with van der Waals surface area (Å²) < 4.78 is 0. The Labute approximate surface area is 217 Å². The quantitative estimate of drug-likeness (QED) is 0.432. The van der Waals surface area contributed by atoms with E-state index in [1.165, 1.54) is 4.90 Å². The van der Waals surface area contributed by atoms with Crippen molar-refractivity contribution in [1.29, 1.82) is 0 Å². The zero-order valence-corrected chi connectivity index (χ0v) is 21.1. The molecule has 0 aliphatic carbocycles. The molecule has 3 aromatic carbocycles. The molecule has 1 aliphatic heterocycles. The summed E-state index contributed by atoms with van der Waals surface area (Å²) >= 11 is 0. The van der Waals surface area contributed by atoms with Gasteiger partial charge in [0.25, 0.3) is 11.8 Å². The largest absolute Gasteiger partial charge is 0.357 e. The molecule has 0 saturated heterocycles. The Morgan fingerprint density at radius 2 is 1.43 bits per heavy atom. The number of fused-ring (bicyclic) bond motifs is 1. The molecule has 190 valence electrons. The Morgan fingerprint density at radius 3 is 2.03 bits per heavy atom. The van der Waals surface area contributed by atoms with Crippen molar-refractivity contribution in [3.63, 3.8) is 0 Å². The van der Waals surface area contributed by atoms with Gasteiger partial charge in [0.15, 0.2) is 0 Å². The van der Waals surface area contributed by atoms with Crippen molar-refractivity contribution < 1.29 is 19.2 Å². The van der Waals surface area contributed by atoms with Crippen LogP contribution in [0.15, 0.2) is 78.9 Å². The molecule has 1 atom stereocenters. The minimum atomic E-state index is -0.708. The number of nitrogens with zero attached hydrogens (tertiary/aromatic N) is 2. The van der Waals surface area contributed by atoms with Gasteiger partial charge in [0, 0.05) is 33.0 Å². The summed E-state index contributed by atoms with van der Waals surface area (Å²) in [4.78, 5) is 54.7. The molecule has 0 aromatic heterocycles. The van der Waals surface area contributed by atoms with Crippen molar-refractivity contribution in [2.24, 2.45) is 0 Å². The summed E-state index contributed by atoms with van der Waals surface area (Å²) in [5.41, 5.74) is 3.75. The molecular formula is C30H31N3O4. The molecule has 4 rings (SSSR count). The first-order chi connectivity index (χ1) is 17.9. The number of imide groups is 1. The molecule has 0 spiro atoms. The first-order valence-electron chi connectivity index (χ1n) is 12.4. The second-order valence-corrected chi connectivity index (χ2v) is 9.24. The molecule has 1 aliphatic rings. The third-order valence-corrected chi connectivity index (χ3v) is 6.64. The summed E-state index contributed by atoms with van der Waals surface area (Å²) in [5.74, 6) is -1.12. The van der Waals surface area contributed by atoms with E-state index in [1.807, 2.05) is 61.5 Å². The molecule has 0 bridgehead atoms. The van der Waals surface area contributed by atoms with E-state index in [4.69, 9.17) is 0 Å². The van der Waals surface area contributed by atoms with Gasteiger partial charge >= 0.3 is 0 Å². The fraction of sp³-hybridized carbons (Fsp3) is 0.267. The lowest BCUT2D eigenvalue weighted by Crippen LogP contribution is -2.49. The van der Waals surface area contributed by atoms with Crippen LogP contribution in [0, 0.1) is 6.92 Å². The van der Waals surface area contributed by atoms with Gasteiger partial charge in [0.2, 0.25) is 11.8 Å². The maximum atomic E-state index is 13.6. The zero-order chi connectivity index (χ0) is 26.4. The number of carbonyl (C=O) groups is 4. The molecule has 0 saturated carbocycles. The number of hydrogen-bond acceptors (Lipinski definition) is 4. The van der Waals surface area contributed by atoms with Crippen LogP contribution in [0.2, 0.25) is 0 Å². The number of benzene rings is 3. The summed E-state index contributed by atoms with van der Waals surface area (Å²) in [5, 5.41) is 2.71. The standard InChI is InChI=1S/C30H31N3O4/c1-21-14-16-23(17-15-21)20-33(26(28(35)31-2)19-22-9-4-3-5-10-22)27(34)13-8-18-32-29(36)24-11-6-7-12-25(24)30(32)37/h3-7,9-12,14-17,26H,8,13,18-20H2,1-2H3,(H,31,35)/t26-/m1/s1. The minimum Gasteiger partial charge on any atom is -0.357 e. The molecule has 0 fully saturated rings. The lowest BCUT2D eigenvalue weighted by atomic mass is 10.0. The first-order valence-corrected chi connectivity index (χ1v) is 12.4. The molecule has 1 N–H and O–H groups in total. The molecule has 37 heavy (non-hydrogen) atoms. The van der Waals surface area contributed by atoms with E-state index in [0.29, 0.717) is 24.0 Å². The molecule has 7 nitrogen and oxygen atoms in total. The van der Waals surface area contributed by atoms with Crippen LogP contribution in [-0.2, 0) is 22.6 Å². The molecule has 7 heteroatoms. The highest BCUT2D eigenvalue weighted by atomic mass is 16.2. The topological polar surface area (TPSA) is 86.8 Å². The van der Waals surface area contributed by atoms with Crippen molar-refractivity contribution in [1.82, 2.24) is 15.1 Å². The van der Waals surface area contributed by atoms with Gasteiger partial charge in [-0.3, -0.25) is 24.1 Å². The Bertz CT molecular complexity index is 1250. The highest BCUT2D eigenvalue weighted by molar-refractivity contribution is 6.21.